The highest BCUT2D eigenvalue weighted by molar-refractivity contribution is 7.90. The van der Waals surface area contributed by atoms with Crippen LogP contribution >= 0.6 is 0 Å². The van der Waals surface area contributed by atoms with Gasteiger partial charge in [0.1, 0.15) is 9.84 Å². The Kier molecular flexibility index (Phi) is 3.74. The van der Waals surface area contributed by atoms with E-state index in [9.17, 15) is 8.42 Å². The highest BCUT2D eigenvalue weighted by Crippen LogP contribution is 2.29. The van der Waals surface area contributed by atoms with E-state index in [0.29, 0.717) is 18.0 Å². The molecule has 1 aliphatic heterocycles. The van der Waals surface area contributed by atoms with Gasteiger partial charge >= 0.3 is 0 Å². The second kappa shape index (κ2) is 4.42. The van der Waals surface area contributed by atoms with Crippen molar-refractivity contribution in [1.29, 1.82) is 0 Å². The minimum Gasteiger partial charge on any atom is -0.370 e. The third-order valence-electron chi connectivity index (χ3n) is 2.34. The molecule has 1 aliphatic rings. The van der Waals surface area contributed by atoms with E-state index in [1.165, 1.54) is 6.26 Å². The molecule has 1 heterocycles. The smallest absolute Gasteiger partial charge is 0.147 e. The molecule has 0 spiro atoms. The maximum atomic E-state index is 10.8. The standard InChI is InChI=1S/C9H18O3S/c1-3-8-9(12-8)6-4-5-7-13(2,10)11/h8-9H,3-7H2,1-2H3/t8-,9+/m1/s1. The van der Waals surface area contributed by atoms with E-state index in [0.717, 1.165) is 25.7 Å². The SMILES string of the molecule is CC[C@H]1O[C@H]1CCCCS(C)(=O)=O. The van der Waals surface area contributed by atoms with Crippen molar-refractivity contribution in [3.63, 3.8) is 0 Å². The fourth-order valence-electron chi connectivity index (χ4n) is 1.50. The Bertz CT molecular complexity index is 246. The van der Waals surface area contributed by atoms with Gasteiger partial charge < -0.3 is 4.74 Å². The summed E-state index contributed by atoms with van der Waals surface area (Å²) < 4.78 is 26.9. The number of unbranched alkanes of at least 4 members (excludes halogenated alkanes) is 1. The largest absolute Gasteiger partial charge is 0.370 e. The zero-order valence-electron chi connectivity index (χ0n) is 8.32. The summed E-state index contributed by atoms with van der Waals surface area (Å²) in [6.07, 6.45) is 6.01. The molecule has 0 aromatic carbocycles. The van der Waals surface area contributed by atoms with E-state index >= 15 is 0 Å². The number of rotatable bonds is 6. The van der Waals surface area contributed by atoms with Crippen LogP contribution in [-0.2, 0) is 14.6 Å². The quantitative estimate of drug-likeness (QED) is 0.487. The predicted molar refractivity (Wildman–Crippen MR) is 52.5 cm³/mol. The monoisotopic (exact) mass is 206 g/mol. The van der Waals surface area contributed by atoms with Crippen molar-refractivity contribution in [2.24, 2.45) is 0 Å². The van der Waals surface area contributed by atoms with Crippen molar-refractivity contribution in [3.05, 3.63) is 0 Å². The van der Waals surface area contributed by atoms with E-state index < -0.39 is 9.84 Å². The van der Waals surface area contributed by atoms with Crippen molar-refractivity contribution < 1.29 is 13.2 Å². The van der Waals surface area contributed by atoms with Crippen LogP contribution in [0.2, 0.25) is 0 Å². The Morgan fingerprint density at radius 3 is 2.38 bits per heavy atom. The lowest BCUT2D eigenvalue weighted by atomic mass is 10.1. The first kappa shape index (κ1) is 11.0. The Morgan fingerprint density at radius 2 is 1.92 bits per heavy atom. The number of ether oxygens (including phenoxy) is 1. The molecule has 0 unspecified atom stereocenters. The maximum absolute atomic E-state index is 10.8. The highest BCUT2D eigenvalue weighted by Gasteiger charge is 2.35. The summed E-state index contributed by atoms with van der Waals surface area (Å²) in [4.78, 5) is 0. The maximum Gasteiger partial charge on any atom is 0.147 e. The Morgan fingerprint density at radius 1 is 1.23 bits per heavy atom. The first-order valence-electron chi connectivity index (χ1n) is 4.86. The molecule has 1 saturated heterocycles. The lowest BCUT2D eigenvalue weighted by Crippen LogP contribution is -2.03. The van der Waals surface area contributed by atoms with Crippen LogP contribution in [0.1, 0.15) is 32.6 Å². The molecule has 0 aromatic heterocycles. The van der Waals surface area contributed by atoms with Gasteiger partial charge in [0.15, 0.2) is 0 Å². The lowest BCUT2D eigenvalue weighted by Gasteiger charge is -1.96. The fourth-order valence-corrected chi connectivity index (χ4v) is 2.23. The van der Waals surface area contributed by atoms with Gasteiger partial charge in [-0.2, -0.15) is 0 Å². The number of hydrogen-bond donors (Lipinski definition) is 0. The lowest BCUT2D eigenvalue weighted by molar-refractivity contribution is 0.356. The molecule has 0 radical (unpaired) electrons. The summed E-state index contributed by atoms with van der Waals surface area (Å²) in [5.41, 5.74) is 0. The summed E-state index contributed by atoms with van der Waals surface area (Å²) in [7, 11) is -2.76. The highest BCUT2D eigenvalue weighted by atomic mass is 32.2. The minimum absolute atomic E-state index is 0.316. The van der Waals surface area contributed by atoms with Gasteiger partial charge in [0.25, 0.3) is 0 Å². The molecule has 0 aromatic rings. The van der Waals surface area contributed by atoms with Crippen molar-refractivity contribution in [1.82, 2.24) is 0 Å². The molecule has 0 aliphatic carbocycles. The Balaban J connectivity index is 1.97. The van der Waals surface area contributed by atoms with E-state index in [1.807, 2.05) is 0 Å². The Hall–Kier alpha value is -0.0900. The van der Waals surface area contributed by atoms with E-state index in [-0.39, 0.29) is 0 Å². The van der Waals surface area contributed by atoms with E-state index in [2.05, 4.69) is 6.92 Å². The number of sulfone groups is 1. The molecule has 78 valence electrons. The molecule has 13 heavy (non-hydrogen) atoms. The van der Waals surface area contributed by atoms with E-state index in [1.54, 1.807) is 0 Å². The van der Waals surface area contributed by atoms with Crippen molar-refractivity contribution in [2.45, 2.75) is 44.8 Å². The van der Waals surface area contributed by atoms with Gasteiger partial charge in [-0.15, -0.1) is 0 Å². The zero-order chi connectivity index (χ0) is 9.90. The minimum atomic E-state index is -2.76. The summed E-state index contributed by atoms with van der Waals surface area (Å²) in [5.74, 6) is 0.316. The van der Waals surface area contributed by atoms with Gasteiger partial charge in [-0.25, -0.2) is 8.42 Å². The van der Waals surface area contributed by atoms with Crippen LogP contribution in [0.15, 0.2) is 0 Å². The van der Waals surface area contributed by atoms with E-state index in [4.69, 9.17) is 4.74 Å². The molecule has 1 rings (SSSR count). The molecule has 0 bridgehead atoms. The summed E-state index contributed by atoms with van der Waals surface area (Å²) in [5, 5.41) is 0. The molecule has 0 saturated carbocycles. The zero-order valence-corrected chi connectivity index (χ0v) is 9.14. The molecule has 1 fully saturated rings. The molecular weight excluding hydrogens is 188 g/mol. The fraction of sp³-hybridized carbons (Fsp3) is 1.00. The number of hydrogen-bond acceptors (Lipinski definition) is 3. The van der Waals surface area contributed by atoms with Crippen molar-refractivity contribution in [2.75, 3.05) is 12.0 Å². The second-order valence-electron chi connectivity index (χ2n) is 3.75. The van der Waals surface area contributed by atoms with Crippen LogP contribution in [0.5, 0.6) is 0 Å². The molecular formula is C9H18O3S. The first-order valence-corrected chi connectivity index (χ1v) is 6.92. The van der Waals surface area contributed by atoms with Crippen LogP contribution in [0, 0.1) is 0 Å². The molecule has 4 heteroatoms. The summed E-state index contributed by atoms with van der Waals surface area (Å²) >= 11 is 0. The van der Waals surface area contributed by atoms with Crippen molar-refractivity contribution >= 4 is 9.84 Å². The summed E-state index contributed by atoms with van der Waals surface area (Å²) in [6, 6.07) is 0. The number of epoxide rings is 1. The third kappa shape index (κ3) is 4.62. The van der Waals surface area contributed by atoms with Crippen molar-refractivity contribution in [3.8, 4) is 0 Å². The van der Waals surface area contributed by atoms with Crippen LogP contribution in [-0.4, -0.2) is 32.6 Å². The van der Waals surface area contributed by atoms with Gasteiger partial charge in [0, 0.05) is 12.0 Å². The second-order valence-corrected chi connectivity index (χ2v) is 6.01. The third-order valence-corrected chi connectivity index (χ3v) is 3.37. The average molecular weight is 206 g/mol. The van der Waals surface area contributed by atoms with Gasteiger partial charge in [-0.3, -0.25) is 0 Å². The normalized spacial score (nSPS) is 27.5. The molecule has 3 nitrogen and oxygen atoms in total. The van der Waals surface area contributed by atoms with Crippen LogP contribution in [0.25, 0.3) is 0 Å². The average Bonchev–Trinajstić information content (AvgIpc) is 2.75. The van der Waals surface area contributed by atoms with Gasteiger partial charge in [0.05, 0.1) is 12.2 Å². The molecule has 0 N–H and O–H groups in total. The van der Waals surface area contributed by atoms with Gasteiger partial charge in [-0.1, -0.05) is 6.92 Å². The van der Waals surface area contributed by atoms with Gasteiger partial charge in [0.2, 0.25) is 0 Å². The van der Waals surface area contributed by atoms with Crippen LogP contribution in [0.3, 0.4) is 0 Å². The van der Waals surface area contributed by atoms with Crippen LogP contribution in [0.4, 0.5) is 0 Å². The molecule has 2 atom stereocenters. The Labute approximate surface area is 80.4 Å². The topological polar surface area (TPSA) is 46.7 Å². The first-order chi connectivity index (χ1) is 6.03. The van der Waals surface area contributed by atoms with Crippen LogP contribution < -0.4 is 0 Å². The predicted octanol–water partition coefficient (Wildman–Crippen LogP) is 1.38. The summed E-state index contributed by atoms with van der Waals surface area (Å²) in [6.45, 7) is 2.11. The molecule has 0 amide bonds. The van der Waals surface area contributed by atoms with Gasteiger partial charge in [-0.05, 0) is 25.7 Å².